The van der Waals surface area contributed by atoms with E-state index in [0.717, 1.165) is 33.4 Å². The van der Waals surface area contributed by atoms with Crippen LogP contribution in [-0.4, -0.2) is 38.1 Å². The van der Waals surface area contributed by atoms with Crippen molar-refractivity contribution in [3.63, 3.8) is 0 Å². The van der Waals surface area contributed by atoms with Crippen LogP contribution < -0.4 is 5.14 Å². The molecule has 2 aromatic rings. The molecule has 0 saturated carbocycles. The Hall–Kier alpha value is -1.87. The largest absolute Gasteiger partial charge is 0.468 e. The molecule has 6 nitrogen and oxygen atoms in total. The molecular weight excluding hydrogens is 384 g/mol. The number of aryl methyl sites for hydroxylation is 1. The summed E-state index contributed by atoms with van der Waals surface area (Å²) in [4.78, 5) is 11.4. The standard InChI is InChI=1S/C19H24N2O4S2/c1-25-19(22)14-21(27(20,23)24)13-17-7-9-18(10-8-17)15-26-12-11-16-5-3-2-4-6-16/h2-10H,11-15H2,1H3,(H2,20,23,24). The van der Waals surface area contributed by atoms with Gasteiger partial charge in [-0.1, -0.05) is 54.6 Å². The molecule has 2 aromatic carbocycles. The predicted octanol–water partition coefficient (Wildman–Crippen LogP) is 2.34. The molecule has 0 atom stereocenters. The van der Waals surface area contributed by atoms with Crippen molar-refractivity contribution < 1.29 is 17.9 Å². The summed E-state index contributed by atoms with van der Waals surface area (Å²) >= 11 is 1.85. The molecule has 8 heteroatoms. The zero-order chi connectivity index (χ0) is 19.7. The van der Waals surface area contributed by atoms with Crippen molar-refractivity contribution in [3.8, 4) is 0 Å². The summed E-state index contributed by atoms with van der Waals surface area (Å²) in [5, 5.41) is 5.18. The molecule has 0 aliphatic carbocycles. The van der Waals surface area contributed by atoms with Crippen molar-refractivity contribution in [1.82, 2.24) is 4.31 Å². The number of nitrogens with two attached hydrogens (primary N) is 1. The summed E-state index contributed by atoms with van der Waals surface area (Å²) < 4.78 is 28.7. The highest BCUT2D eigenvalue weighted by Crippen LogP contribution is 2.16. The molecule has 0 unspecified atom stereocenters. The molecule has 2 N–H and O–H groups in total. The lowest BCUT2D eigenvalue weighted by molar-refractivity contribution is -0.140. The molecule has 0 bridgehead atoms. The number of rotatable bonds is 10. The summed E-state index contributed by atoms with van der Waals surface area (Å²) in [6, 6.07) is 18.0. The van der Waals surface area contributed by atoms with Gasteiger partial charge < -0.3 is 4.74 Å². The number of hydrogen-bond donors (Lipinski definition) is 1. The Morgan fingerprint density at radius 1 is 1.04 bits per heavy atom. The van der Waals surface area contributed by atoms with Crippen LogP contribution in [-0.2, 0) is 38.5 Å². The van der Waals surface area contributed by atoms with E-state index in [1.54, 1.807) is 0 Å². The van der Waals surface area contributed by atoms with E-state index in [2.05, 4.69) is 16.9 Å². The zero-order valence-corrected chi connectivity index (χ0v) is 16.8. The van der Waals surface area contributed by atoms with Crippen LogP contribution in [0.15, 0.2) is 54.6 Å². The molecular formula is C19H24N2O4S2. The molecule has 0 radical (unpaired) electrons. The van der Waals surface area contributed by atoms with Gasteiger partial charge in [0.2, 0.25) is 0 Å². The molecule has 0 spiro atoms. The Kier molecular flexibility index (Phi) is 8.30. The first kappa shape index (κ1) is 21.4. The quantitative estimate of drug-likeness (QED) is 0.481. The van der Waals surface area contributed by atoms with E-state index in [4.69, 9.17) is 5.14 Å². The minimum Gasteiger partial charge on any atom is -0.468 e. The minimum atomic E-state index is -3.99. The molecule has 0 amide bonds. The molecule has 2 rings (SSSR count). The minimum absolute atomic E-state index is 0.0232. The highest BCUT2D eigenvalue weighted by molar-refractivity contribution is 7.98. The van der Waals surface area contributed by atoms with Gasteiger partial charge in [0.15, 0.2) is 0 Å². The van der Waals surface area contributed by atoms with Crippen LogP contribution in [0.25, 0.3) is 0 Å². The van der Waals surface area contributed by atoms with Crippen molar-refractivity contribution >= 4 is 27.9 Å². The van der Waals surface area contributed by atoms with Crippen LogP contribution in [0.4, 0.5) is 0 Å². The highest BCUT2D eigenvalue weighted by atomic mass is 32.2. The molecule has 0 saturated heterocycles. The Bertz CT molecular complexity index is 825. The SMILES string of the molecule is COC(=O)CN(Cc1ccc(CSCCc2ccccc2)cc1)S(N)(=O)=O. The Balaban J connectivity index is 1.85. The maximum Gasteiger partial charge on any atom is 0.321 e. The zero-order valence-electron chi connectivity index (χ0n) is 15.2. The second kappa shape index (κ2) is 10.5. The maximum absolute atomic E-state index is 11.6. The lowest BCUT2D eigenvalue weighted by Gasteiger charge is -2.18. The van der Waals surface area contributed by atoms with E-state index in [1.165, 1.54) is 12.7 Å². The van der Waals surface area contributed by atoms with Crippen LogP contribution >= 0.6 is 11.8 Å². The average Bonchev–Trinajstić information content (AvgIpc) is 2.66. The summed E-state index contributed by atoms with van der Waals surface area (Å²) in [7, 11) is -2.79. The number of nitrogens with zero attached hydrogens (tertiary/aromatic N) is 1. The van der Waals surface area contributed by atoms with Gasteiger partial charge in [-0.05, 0) is 28.9 Å². The third-order valence-corrected chi connectivity index (χ3v) is 5.93. The first-order valence-corrected chi connectivity index (χ1v) is 11.1. The van der Waals surface area contributed by atoms with Gasteiger partial charge in [-0.2, -0.15) is 24.5 Å². The van der Waals surface area contributed by atoms with Gasteiger partial charge in [-0.25, -0.2) is 5.14 Å². The second-order valence-electron chi connectivity index (χ2n) is 5.99. The summed E-state index contributed by atoms with van der Waals surface area (Å²) in [6.45, 7) is -0.387. The highest BCUT2D eigenvalue weighted by Gasteiger charge is 2.21. The Morgan fingerprint density at radius 2 is 1.67 bits per heavy atom. The number of carbonyl (C=O) groups excluding carboxylic acids is 1. The fourth-order valence-electron chi connectivity index (χ4n) is 2.41. The van der Waals surface area contributed by atoms with E-state index in [9.17, 15) is 13.2 Å². The van der Waals surface area contributed by atoms with E-state index in [-0.39, 0.29) is 6.54 Å². The Labute approximate surface area is 164 Å². The fourth-order valence-corrected chi connectivity index (χ4v) is 3.98. The summed E-state index contributed by atoms with van der Waals surface area (Å²) in [6.07, 6.45) is 1.03. The fraction of sp³-hybridized carbons (Fsp3) is 0.316. The van der Waals surface area contributed by atoms with E-state index < -0.39 is 22.7 Å². The van der Waals surface area contributed by atoms with Crippen molar-refractivity contribution in [2.24, 2.45) is 5.14 Å². The predicted molar refractivity (Wildman–Crippen MR) is 108 cm³/mol. The summed E-state index contributed by atoms with van der Waals surface area (Å²) in [5.41, 5.74) is 3.24. The number of carbonyl (C=O) groups is 1. The van der Waals surface area contributed by atoms with Crippen LogP contribution in [0.5, 0.6) is 0 Å². The second-order valence-corrected chi connectivity index (χ2v) is 8.65. The van der Waals surface area contributed by atoms with E-state index in [1.807, 2.05) is 54.2 Å². The molecule has 0 heterocycles. The number of benzene rings is 2. The van der Waals surface area contributed by atoms with Crippen LogP contribution in [0.1, 0.15) is 16.7 Å². The summed E-state index contributed by atoms with van der Waals surface area (Å²) in [5.74, 6) is 1.26. The topological polar surface area (TPSA) is 89.7 Å². The lowest BCUT2D eigenvalue weighted by Crippen LogP contribution is -2.40. The first-order valence-electron chi connectivity index (χ1n) is 8.42. The normalized spacial score (nSPS) is 11.5. The number of hydrogen-bond acceptors (Lipinski definition) is 5. The number of methoxy groups -OCH3 is 1. The van der Waals surface area contributed by atoms with Crippen LogP contribution in [0, 0.1) is 0 Å². The lowest BCUT2D eigenvalue weighted by atomic mass is 10.1. The van der Waals surface area contributed by atoms with Gasteiger partial charge in [-0.15, -0.1) is 0 Å². The molecule has 0 aliphatic heterocycles. The van der Waals surface area contributed by atoms with Gasteiger partial charge in [-0.3, -0.25) is 4.79 Å². The Morgan fingerprint density at radius 3 is 2.26 bits per heavy atom. The third kappa shape index (κ3) is 7.72. The van der Waals surface area contributed by atoms with Crippen molar-refractivity contribution in [2.45, 2.75) is 18.7 Å². The third-order valence-electron chi connectivity index (χ3n) is 3.92. The first-order chi connectivity index (χ1) is 12.9. The van der Waals surface area contributed by atoms with Crippen LogP contribution in [0.2, 0.25) is 0 Å². The van der Waals surface area contributed by atoms with Crippen molar-refractivity contribution in [2.75, 3.05) is 19.4 Å². The van der Waals surface area contributed by atoms with Gasteiger partial charge in [0, 0.05) is 12.3 Å². The molecule has 146 valence electrons. The molecule has 0 aliphatic rings. The molecule has 27 heavy (non-hydrogen) atoms. The number of thioether (sulfide) groups is 1. The molecule has 0 fully saturated rings. The van der Waals surface area contributed by atoms with Gasteiger partial charge >= 0.3 is 5.97 Å². The number of esters is 1. The number of ether oxygens (including phenoxy) is 1. The smallest absolute Gasteiger partial charge is 0.321 e. The average molecular weight is 409 g/mol. The maximum atomic E-state index is 11.6. The van der Waals surface area contributed by atoms with Crippen molar-refractivity contribution in [1.29, 1.82) is 0 Å². The van der Waals surface area contributed by atoms with Gasteiger partial charge in [0.25, 0.3) is 10.2 Å². The van der Waals surface area contributed by atoms with Crippen LogP contribution in [0.3, 0.4) is 0 Å². The van der Waals surface area contributed by atoms with E-state index >= 15 is 0 Å². The van der Waals surface area contributed by atoms with E-state index in [0.29, 0.717) is 0 Å². The van der Waals surface area contributed by atoms with Crippen molar-refractivity contribution in [3.05, 3.63) is 71.3 Å². The molecule has 0 aromatic heterocycles. The van der Waals surface area contributed by atoms with Gasteiger partial charge in [0.1, 0.15) is 6.54 Å². The monoisotopic (exact) mass is 408 g/mol. The van der Waals surface area contributed by atoms with Gasteiger partial charge in [0.05, 0.1) is 7.11 Å².